The van der Waals surface area contributed by atoms with Gasteiger partial charge in [0.25, 0.3) is 5.91 Å². The Balaban J connectivity index is 1.61. The lowest BCUT2D eigenvalue weighted by atomic mass is 9.97. The molecule has 0 saturated heterocycles. The molecule has 0 saturated carbocycles. The summed E-state index contributed by atoms with van der Waals surface area (Å²) in [5.41, 5.74) is 4.43. The highest BCUT2D eigenvalue weighted by molar-refractivity contribution is 6.07. The number of benzene rings is 4. The molecule has 0 aliphatic carbocycles. The highest BCUT2D eigenvalue weighted by Gasteiger charge is 2.20. The summed E-state index contributed by atoms with van der Waals surface area (Å²) in [5.74, 6) is -0.698. The van der Waals surface area contributed by atoms with Gasteiger partial charge in [-0.15, -0.1) is 0 Å². The zero-order chi connectivity index (χ0) is 22.6. The average Bonchev–Trinajstić information content (AvgIpc) is 2.88. The molecule has 0 fully saturated rings. The number of halogens is 1. The maximum Gasteiger partial charge on any atom is 0.252 e. The van der Waals surface area contributed by atoms with E-state index in [-0.39, 0.29) is 11.9 Å². The van der Waals surface area contributed by atoms with E-state index >= 15 is 0 Å². The Kier molecular flexibility index (Phi) is 5.64. The summed E-state index contributed by atoms with van der Waals surface area (Å²) in [6, 6.07) is 35.0. The molecule has 3 nitrogen and oxygen atoms in total. The number of aromatic nitrogens is 1. The van der Waals surface area contributed by atoms with Crippen molar-refractivity contribution in [2.45, 2.75) is 6.04 Å². The van der Waals surface area contributed by atoms with E-state index < -0.39 is 5.82 Å². The predicted octanol–water partition coefficient (Wildman–Crippen LogP) is 6.56. The van der Waals surface area contributed by atoms with Gasteiger partial charge in [0.2, 0.25) is 0 Å². The summed E-state index contributed by atoms with van der Waals surface area (Å²) in [6.07, 6.45) is 0. The minimum absolute atomic E-state index is 0.289. The topological polar surface area (TPSA) is 42.0 Å². The highest BCUT2D eigenvalue weighted by atomic mass is 19.1. The minimum atomic E-state index is -0.409. The molecular weight excluding hydrogens is 411 g/mol. The smallest absolute Gasteiger partial charge is 0.252 e. The largest absolute Gasteiger partial charge is 0.341 e. The van der Waals surface area contributed by atoms with Crippen LogP contribution < -0.4 is 5.32 Å². The second kappa shape index (κ2) is 9.05. The van der Waals surface area contributed by atoms with Crippen molar-refractivity contribution in [3.8, 4) is 11.3 Å². The van der Waals surface area contributed by atoms with E-state index in [4.69, 9.17) is 0 Å². The molecule has 4 aromatic carbocycles. The molecule has 1 N–H and O–H groups in total. The summed E-state index contributed by atoms with van der Waals surface area (Å²) in [4.78, 5) is 18.3. The van der Waals surface area contributed by atoms with Gasteiger partial charge in [0.1, 0.15) is 5.82 Å². The summed E-state index contributed by atoms with van der Waals surface area (Å²) in [6.45, 7) is 0. The standard InChI is InChI=1S/C29H21FN2O/c30-23-16-17-26-24(18-23)25(19-27(31-26)20-10-4-1-5-11-20)29(33)32-28(21-12-6-2-7-13-21)22-14-8-3-9-15-22/h1-19,28H,(H,32,33). The zero-order valence-electron chi connectivity index (χ0n) is 17.8. The quantitative estimate of drug-likeness (QED) is 0.342. The highest BCUT2D eigenvalue weighted by Crippen LogP contribution is 2.28. The Morgan fingerprint density at radius 2 is 1.30 bits per heavy atom. The predicted molar refractivity (Wildman–Crippen MR) is 129 cm³/mol. The van der Waals surface area contributed by atoms with Crippen LogP contribution in [0.4, 0.5) is 4.39 Å². The van der Waals surface area contributed by atoms with Crippen molar-refractivity contribution in [2.24, 2.45) is 0 Å². The number of pyridine rings is 1. The first-order valence-electron chi connectivity index (χ1n) is 10.8. The number of fused-ring (bicyclic) bond motifs is 1. The molecular formula is C29H21FN2O. The van der Waals surface area contributed by atoms with Crippen molar-refractivity contribution in [2.75, 3.05) is 0 Å². The molecule has 0 bridgehead atoms. The van der Waals surface area contributed by atoms with Crippen molar-refractivity contribution in [3.63, 3.8) is 0 Å². The first-order valence-corrected chi connectivity index (χ1v) is 10.8. The van der Waals surface area contributed by atoms with Crippen LogP contribution in [0.2, 0.25) is 0 Å². The molecule has 0 radical (unpaired) electrons. The Bertz CT molecular complexity index is 1360. The van der Waals surface area contributed by atoms with Gasteiger partial charge in [-0.3, -0.25) is 4.79 Å². The van der Waals surface area contributed by atoms with Gasteiger partial charge in [0, 0.05) is 10.9 Å². The zero-order valence-corrected chi connectivity index (χ0v) is 17.8. The molecule has 0 spiro atoms. The van der Waals surface area contributed by atoms with Gasteiger partial charge in [-0.25, -0.2) is 9.37 Å². The van der Waals surface area contributed by atoms with E-state index in [1.807, 2.05) is 91.0 Å². The normalized spacial score (nSPS) is 11.0. The Morgan fingerprint density at radius 1 is 0.727 bits per heavy atom. The number of amides is 1. The molecule has 0 unspecified atom stereocenters. The molecule has 0 atom stereocenters. The van der Waals surface area contributed by atoms with Gasteiger partial charge in [-0.2, -0.15) is 0 Å². The first-order chi connectivity index (χ1) is 16.2. The van der Waals surface area contributed by atoms with E-state index in [0.29, 0.717) is 22.2 Å². The molecule has 160 valence electrons. The minimum Gasteiger partial charge on any atom is -0.341 e. The number of carbonyl (C=O) groups excluding carboxylic acids is 1. The monoisotopic (exact) mass is 432 g/mol. The third-order valence-corrected chi connectivity index (χ3v) is 5.63. The molecule has 1 aromatic heterocycles. The van der Waals surface area contributed by atoms with Crippen molar-refractivity contribution in [3.05, 3.63) is 138 Å². The van der Waals surface area contributed by atoms with Gasteiger partial charge in [-0.1, -0.05) is 91.0 Å². The fraction of sp³-hybridized carbons (Fsp3) is 0.0345. The van der Waals surface area contributed by atoms with E-state index in [2.05, 4.69) is 10.3 Å². The van der Waals surface area contributed by atoms with E-state index in [1.54, 1.807) is 12.1 Å². The van der Waals surface area contributed by atoms with Crippen LogP contribution >= 0.6 is 0 Å². The van der Waals surface area contributed by atoms with Crippen LogP contribution in [0.1, 0.15) is 27.5 Å². The second-order valence-corrected chi connectivity index (χ2v) is 7.81. The van der Waals surface area contributed by atoms with Crippen LogP contribution in [0, 0.1) is 5.82 Å². The van der Waals surface area contributed by atoms with Gasteiger partial charge in [-0.05, 0) is 35.4 Å². The molecule has 5 aromatic rings. The van der Waals surface area contributed by atoms with Gasteiger partial charge in [0.15, 0.2) is 0 Å². The lowest BCUT2D eigenvalue weighted by Gasteiger charge is -2.21. The molecule has 1 heterocycles. The number of hydrogen-bond acceptors (Lipinski definition) is 2. The molecule has 0 aliphatic heterocycles. The molecule has 33 heavy (non-hydrogen) atoms. The lowest BCUT2D eigenvalue weighted by Crippen LogP contribution is -2.29. The SMILES string of the molecule is O=C(NC(c1ccccc1)c1ccccc1)c1cc(-c2ccccc2)nc2ccc(F)cc12. The van der Waals surface area contributed by atoms with Crippen LogP contribution in [0.25, 0.3) is 22.2 Å². The second-order valence-electron chi connectivity index (χ2n) is 7.81. The van der Waals surface area contributed by atoms with Crippen LogP contribution in [0.5, 0.6) is 0 Å². The molecule has 4 heteroatoms. The summed E-state index contributed by atoms with van der Waals surface area (Å²) >= 11 is 0. The van der Waals surface area contributed by atoms with Crippen LogP contribution in [0.3, 0.4) is 0 Å². The Labute approximate surface area is 191 Å². The van der Waals surface area contributed by atoms with Gasteiger partial charge in [0.05, 0.1) is 22.8 Å². The molecule has 0 aliphatic rings. The van der Waals surface area contributed by atoms with Crippen LogP contribution in [0.15, 0.2) is 115 Å². The maximum absolute atomic E-state index is 14.1. The van der Waals surface area contributed by atoms with Crippen LogP contribution in [-0.2, 0) is 0 Å². The van der Waals surface area contributed by atoms with Gasteiger partial charge >= 0.3 is 0 Å². The first kappa shape index (κ1) is 20.6. The van der Waals surface area contributed by atoms with Crippen molar-refractivity contribution in [1.82, 2.24) is 10.3 Å². The molecule has 5 rings (SSSR count). The Morgan fingerprint density at radius 3 is 1.91 bits per heavy atom. The van der Waals surface area contributed by atoms with Gasteiger partial charge < -0.3 is 5.32 Å². The van der Waals surface area contributed by atoms with Crippen LogP contribution in [-0.4, -0.2) is 10.9 Å². The Hall–Kier alpha value is -4.31. The summed E-state index contributed by atoms with van der Waals surface area (Å²) < 4.78 is 14.1. The summed E-state index contributed by atoms with van der Waals surface area (Å²) in [5, 5.41) is 3.65. The van der Waals surface area contributed by atoms with Crippen molar-refractivity contribution < 1.29 is 9.18 Å². The number of nitrogens with zero attached hydrogens (tertiary/aromatic N) is 1. The van der Waals surface area contributed by atoms with Crippen molar-refractivity contribution in [1.29, 1.82) is 0 Å². The molecule has 1 amide bonds. The van der Waals surface area contributed by atoms with E-state index in [9.17, 15) is 9.18 Å². The third-order valence-electron chi connectivity index (χ3n) is 5.63. The van der Waals surface area contributed by atoms with Crippen molar-refractivity contribution >= 4 is 16.8 Å². The summed E-state index contributed by atoms with van der Waals surface area (Å²) in [7, 11) is 0. The number of carbonyl (C=O) groups is 1. The van der Waals surface area contributed by atoms with E-state index in [1.165, 1.54) is 12.1 Å². The number of hydrogen-bond donors (Lipinski definition) is 1. The fourth-order valence-corrected chi connectivity index (χ4v) is 4.00. The number of nitrogens with one attached hydrogen (secondary N) is 1. The average molecular weight is 432 g/mol. The third kappa shape index (κ3) is 4.37. The fourth-order valence-electron chi connectivity index (χ4n) is 4.00. The lowest BCUT2D eigenvalue weighted by molar-refractivity contribution is 0.0944. The van der Waals surface area contributed by atoms with E-state index in [0.717, 1.165) is 16.7 Å². The maximum atomic E-state index is 14.1. The number of rotatable bonds is 5.